The Bertz CT molecular complexity index is 858. The van der Waals surface area contributed by atoms with Crippen LogP contribution in [0.5, 0.6) is 0 Å². The summed E-state index contributed by atoms with van der Waals surface area (Å²) < 4.78 is 5.85. The van der Waals surface area contributed by atoms with Crippen molar-refractivity contribution in [1.82, 2.24) is 9.88 Å². The molecule has 4 nitrogen and oxygen atoms in total. The van der Waals surface area contributed by atoms with Gasteiger partial charge in [-0.15, -0.1) is 11.3 Å². The predicted molar refractivity (Wildman–Crippen MR) is 102 cm³/mol. The molecule has 1 aliphatic rings. The maximum atomic E-state index is 12.5. The van der Waals surface area contributed by atoms with Gasteiger partial charge in [0.15, 0.2) is 0 Å². The lowest BCUT2D eigenvalue weighted by Crippen LogP contribution is -2.54. The van der Waals surface area contributed by atoms with E-state index in [0.717, 1.165) is 17.0 Å². The summed E-state index contributed by atoms with van der Waals surface area (Å²) in [6.45, 7) is 1.86. The van der Waals surface area contributed by atoms with E-state index in [1.54, 1.807) is 16.2 Å². The smallest absolute Gasteiger partial charge is 0.273 e. The SMILES string of the molecule is O=C(c1csc(Cc2ccccc2)n1)N1CC(OCc2ccccc2)C1. The molecule has 0 atom stereocenters. The van der Waals surface area contributed by atoms with E-state index in [1.165, 1.54) is 5.56 Å². The van der Waals surface area contributed by atoms with Crippen LogP contribution in [0.15, 0.2) is 66.0 Å². The van der Waals surface area contributed by atoms with E-state index in [-0.39, 0.29) is 12.0 Å². The zero-order valence-electron chi connectivity index (χ0n) is 14.4. The molecule has 1 aromatic heterocycles. The van der Waals surface area contributed by atoms with Crippen LogP contribution in [-0.2, 0) is 17.8 Å². The minimum Gasteiger partial charge on any atom is -0.370 e. The first kappa shape index (κ1) is 16.9. The molecule has 1 amide bonds. The van der Waals surface area contributed by atoms with Crippen molar-refractivity contribution in [2.45, 2.75) is 19.1 Å². The van der Waals surface area contributed by atoms with Gasteiger partial charge in [0.05, 0.1) is 17.7 Å². The van der Waals surface area contributed by atoms with Crippen molar-refractivity contribution in [2.24, 2.45) is 0 Å². The number of likely N-dealkylation sites (tertiary alicyclic amines) is 1. The van der Waals surface area contributed by atoms with Crippen molar-refractivity contribution >= 4 is 17.2 Å². The predicted octanol–water partition coefficient (Wildman–Crippen LogP) is 3.78. The fraction of sp³-hybridized carbons (Fsp3) is 0.238. The highest BCUT2D eigenvalue weighted by molar-refractivity contribution is 7.09. The highest BCUT2D eigenvalue weighted by atomic mass is 32.1. The van der Waals surface area contributed by atoms with Crippen LogP contribution < -0.4 is 0 Å². The first-order valence-corrected chi connectivity index (χ1v) is 9.59. The summed E-state index contributed by atoms with van der Waals surface area (Å²) in [5.41, 5.74) is 2.91. The molecule has 5 heteroatoms. The number of amides is 1. The van der Waals surface area contributed by atoms with Crippen LogP contribution >= 0.6 is 11.3 Å². The van der Waals surface area contributed by atoms with Crippen LogP contribution in [0.3, 0.4) is 0 Å². The third kappa shape index (κ3) is 4.00. The molecular weight excluding hydrogens is 344 g/mol. The van der Waals surface area contributed by atoms with Gasteiger partial charge in [-0.3, -0.25) is 4.79 Å². The number of carbonyl (C=O) groups is 1. The molecule has 3 aromatic rings. The third-order valence-corrected chi connectivity index (χ3v) is 5.28. The molecule has 1 saturated heterocycles. The lowest BCUT2D eigenvalue weighted by Gasteiger charge is -2.38. The molecule has 0 saturated carbocycles. The Balaban J connectivity index is 1.27. The zero-order valence-corrected chi connectivity index (χ0v) is 15.2. The Morgan fingerprint density at radius 3 is 2.38 bits per heavy atom. The Kier molecular flexibility index (Phi) is 5.09. The van der Waals surface area contributed by atoms with Gasteiger partial charge in [0.2, 0.25) is 0 Å². The molecule has 2 heterocycles. The van der Waals surface area contributed by atoms with Crippen LogP contribution in [0.4, 0.5) is 0 Å². The summed E-state index contributed by atoms with van der Waals surface area (Å²) in [5.74, 6) is 0.000114. The number of nitrogens with zero attached hydrogens (tertiary/aromatic N) is 2. The first-order valence-electron chi connectivity index (χ1n) is 8.71. The molecule has 2 aromatic carbocycles. The molecule has 132 valence electrons. The highest BCUT2D eigenvalue weighted by Gasteiger charge is 2.32. The molecule has 0 spiro atoms. The van der Waals surface area contributed by atoms with Gasteiger partial charge in [-0.2, -0.15) is 0 Å². The van der Waals surface area contributed by atoms with E-state index >= 15 is 0 Å². The largest absolute Gasteiger partial charge is 0.370 e. The Hall–Kier alpha value is -2.50. The minimum absolute atomic E-state index is 0.000114. The summed E-state index contributed by atoms with van der Waals surface area (Å²) in [6, 6.07) is 20.3. The van der Waals surface area contributed by atoms with E-state index < -0.39 is 0 Å². The molecule has 0 radical (unpaired) electrons. The summed E-state index contributed by atoms with van der Waals surface area (Å²) in [7, 11) is 0. The molecule has 0 N–H and O–H groups in total. The van der Waals surface area contributed by atoms with Gasteiger partial charge in [-0.1, -0.05) is 60.7 Å². The quantitative estimate of drug-likeness (QED) is 0.669. The van der Waals surface area contributed by atoms with Gasteiger partial charge in [0.25, 0.3) is 5.91 Å². The first-order chi connectivity index (χ1) is 12.8. The van der Waals surface area contributed by atoms with Gasteiger partial charge in [0, 0.05) is 24.9 Å². The van der Waals surface area contributed by atoms with Crippen molar-refractivity contribution in [1.29, 1.82) is 0 Å². The number of ether oxygens (including phenoxy) is 1. The van der Waals surface area contributed by atoms with Crippen LogP contribution in [0, 0.1) is 0 Å². The summed E-state index contributed by atoms with van der Waals surface area (Å²) in [4.78, 5) is 18.8. The van der Waals surface area contributed by atoms with Gasteiger partial charge in [-0.05, 0) is 11.1 Å². The normalized spacial score (nSPS) is 14.2. The molecule has 0 unspecified atom stereocenters. The number of benzene rings is 2. The third-order valence-electron chi connectivity index (χ3n) is 4.43. The molecule has 26 heavy (non-hydrogen) atoms. The van der Waals surface area contributed by atoms with Gasteiger partial charge >= 0.3 is 0 Å². The van der Waals surface area contributed by atoms with Gasteiger partial charge in [-0.25, -0.2) is 4.98 Å². The maximum absolute atomic E-state index is 12.5. The Morgan fingerprint density at radius 2 is 1.69 bits per heavy atom. The van der Waals surface area contributed by atoms with E-state index in [1.807, 2.05) is 53.9 Å². The Morgan fingerprint density at radius 1 is 1.04 bits per heavy atom. The minimum atomic E-state index is 0.000114. The molecule has 1 aliphatic heterocycles. The van der Waals surface area contributed by atoms with Crippen molar-refractivity contribution in [3.63, 3.8) is 0 Å². The molecule has 0 aliphatic carbocycles. The second-order valence-electron chi connectivity index (χ2n) is 6.42. The topological polar surface area (TPSA) is 42.4 Å². The highest BCUT2D eigenvalue weighted by Crippen LogP contribution is 2.20. The second-order valence-corrected chi connectivity index (χ2v) is 7.36. The van der Waals surface area contributed by atoms with E-state index in [0.29, 0.717) is 25.4 Å². The van der Waals surface area contributed by atoms with Gasteiger partial charge < -0.3 is 9.64 Å². The molecule has 1 fully saturated rings. The molecule has 0 bridgehead atoms. The number of hydrogen-bond acceptors (Lipinski definition) is 4. The average molecular weight is 364 g/mol. The van der Waals surface area contributed by atoms with Crippen molar-refractivity contribution in [2.75, 3.05) is 13.1 Å². The number of hydrogen-bond donors (Lipinski definition) is 0. The van der Waals surface area contributed by atoms with Crippen LogP contribution in [0.1, 0.15) is 26.6 Å². The fourth-order valence-corrected chi connectivity index (χ4v) is 3.72. The lowest BCUT2D eigenvalue weighted by atomic mass is 10.1. The van der Waals surface area contributed by atoms with Crippen molar-refractivity contribution in [3.8, 4) is 0 Å². The number of rotatable bonds is 6. The average Bonchev–Trinajstić information content (AvgIpc) is 3.10. The zero-order chi connectivity index (χ0) is 17.8. The van der Waals surface area contributed by atoms with Crippen molar-refractivity contribution in [3.05, 3.63) is 87.9 Å². The summed E-state index contributed by atoms with van der Waals surface area (Å²) in [6.07, 6.45) is 0.878. The van der Waals surface area contributed by atoms with E-state index in [4.69, 9.17) is 4.74 Å². The molecular formula is C21H20N2O2S. The van der Waals surface area contributed by atoms with Gasteiger partial charge in [0.1, 0.15) is 5.69 Å². The van der Waals surface area contributed by atoms with Crippen LogP contribution in [0.2, 0.25) is 0 Å². The monoisotopic (exact) mass is 364 g/mol. The lowest BCUT2D eigenvalue weighted by molar-refractivity contribution is -0.0504. The molecule has 4 rings (SSSR count). The van der Waals surface area contributed by atoms with Crippen LogP contribution in [0.25, 0.3) is 0 Å². The number of carbonyl (C=O) groups excluding carboxylic acids is 1. The summed E-state index contributed by atoms with van der Waals surface area (Å²) in [5, 5.41) is 2.83. The second kappa shape index (κ2) is 7.81. The van der Waals surface area contributed by atoms with Crippen LogP contribution in [-0.4, -0.2) is 35.0 Å². The standard InChI is InChI=1S/C21H20N2O2S/c24-21(19-15-26-20(22-19)11-16-7-3-1-4-8-16)23-12-18(13-23)25-14-17-9-5-2-6-10-17/h1-10,15,18H,11-14H2. The van der Waals surface area contributed by atoms with Crippen molar-refractivity contribution < 1.29 is 9.53 Å². The van der Waals surface area contributed by atoms with E-state index in [9.17, 15) is 4.79 Å². The summed E-state index contributed by atoms with van der Waals surface area (Å²) >= 11 is 1.54. The fourth-order valence-electron chi connectivity index (χ4n) is 2.92. The van der Waals surface area contributed by atoms with E-state index in [2.05, 4.69) is 17.1 Å². The maximum Gasteiger partial charge on any atom is 0.273 e. The Labute approximate surface area is 157 Å². The number of thiazole rings is 1. The number of aromatic nitrogens is 1.